The summed E-state index contributed by atoms with van der Waals surface area (Å²) in [4.78, 5) is 24.0. The van der Waals surface area contributed by atoms with Crippen LogP contribution in [0.5, 0.6) is 0 Å². The predicted octanol–water partition coefficient (Wildman–Crippen LogP) is 1.46. The number of hydrogen-bond donors (Lipinski definition) is 0. The van der Waals surface area contributed by atoms with E-state index in [4.69, 9.17) is 0 Å². The molecule has 0 unspecified atom stereocenters. The molecule has 2 saturated heterocycles. The standard InChI is InChI=1S/C18H28N4O/c1-15-12-20(2)9-10-22(15)18(23)17-6-4-8-21(14-17)13-16-5-3-7-19-11-16/h3,5,7,11,15,17H,4,6,8-10,12-14H2,1-2H3/t15-,17+/m1/s1. The lowest BCUT2D eigenvalue weighted by molar-refractivity contribution is -0.141. The molecule has 0 aromatic carbocycles. The maximum absolute atomic E-state index is 12.9. The monoisotopic (exact) mass is 316 g/mol. The first kappa shape index (κ1) is 16.4. The Morgan fingerprint density at radius 1 is 1.30 bits per heavy atom. The average molecular weight is 316 g/mol. The van der Waals surface area contributed by atoms with Gasteiger partial charge in [-0.05, 0) is 45.0 Å². The second-order valence-corrected chi connectivity index (χ2v) is 7.08. The molecule has 1 aromatic rings. The molecule has 5 heteroatoms. The van der Waals surface area contributed by atoms with Crippen molar-refractivity contribution in [2.45, 2.75) is 32.4 Å². The number of piperazine rings is 1. The zero-order chi connectivity index (χ0) is 16.2. The van der Waals surface area contributed by atoms with E-state index in [1.165, 1.54) is 5.56 Å². The second-order valence-electron chi connectivity index (χ2n) is 7.08. The Morgan fingerprint density at radius 3 is 2.91 bits per heavy atom. The van der Waals surface area contributed by atoms with Gasteiger partial charge in [0, 0.05) is 51.2 Å². The van der Waals surface area contributed by atoms with E-state index in [1.807, 2.05) is 12.3 Å². The van der Waals surface area contributed by atoms with Gasteiger partial charge in [-0.1, -0.05) is 6.07 Å². The van der Waals surface area contributed by atoms with Crippen LogP contribution in [0.3, 0.4) is 0 Å². The Hall–Kier alpha value is -1.46. The summed E-state index contributed by atoms with van der Waals surface area (Å²) in [5.74, 6) is 0.521. The summed E-state index contributed by atoms with van der Waals surface area (Å²) in [6, 6.07) is 4.42. The summed E-state index contributed by atoms with van der Waals surface area (Å²) < 4.78 is 0. The minimum absolute atomic E-state index is 0.159. The first-order valence-electron chi connectivity index (χ1n) is 8.74. The molecule has 2 aliphatic rings. The van der Waals surface area contributed by atoms with Crippen LogP contribution in [0.2, 0.25) is 0 Å². The van der Waals surface area contributed by atoms with Crippen molar-refractivity contribution < 1.29 is 4.79 Å². The van der Waals surface area contributed by atoms with Gasteiger partial charge < -0.3 is 9.80 Å². The molecule has 2 fully saturated rings. The number of nitrogens with zero attached hydrogens (tertiary/aromatic N) is 4. The van der Waals surface area contributed by atoms with Gasteiger partial charge in [-0.25, -0.2) is 0 Å². The Balaban J connectivity index is 1.58. The van der Waals surface area contributed by atoms with E-state index < -0.39 is 0 Å². The van der Waals surface area contributed by atoms with Gasteiger partial charge in [-0.2, -0.15) is 0 Å². The van der Waals surface area contributed by atoms with Crippen LogP contribution in [-0.4, -0.2) is 71.4 Å². The molecule has 5 nitrogen and oxygen atoms in total. The van der Waals surface area contributed by atoms with Crippen molar-refractivity contribution >= 4 is 5.91 Å². The van der Waals surface area contributed by atoms with E-state index in [9.17, 15) is 4.79 Å². The number of aromatic nitrogens is 1. The summed E-state index contributed by atoms with van der Waals surface area (Å²) in [5.41, 5.74) is 1.23. The van der Waals surface area contributed by atoms with E-state index in [0.717, 1.165) is 52.1 Å². The minimum Gasteiger partial charge on any atom is -0.337 e. The normalized spacial score (nSPS) is 27.1. The van der Waals surface area contributed by atoms with Gasteiger partial charge in [-0.3, -0.25) is 14.7 Å². The predicted molar refractivity (Wildman–Crippen MR) is 90.9 cm³/mol. The van der Waals surface area contributed by atoms with Crippen LogP contribution >= 0.6 is 0 Å². The number of likely N-dealkylation sites (N-methyl/N-ethyl adjacent to an activating group) is 1. The van der Waals surface area contributed by atoms with Gasteiger partial charge in [0.1, 0.15) is 0 Å². The van der Waals surface area contributed by atoms with Crippen molar-refractivity contribution in [3.8, 4) is 0 Å². The van der Waals surface area contributed by atoms with Gasteiger partial charge in [0.25, 0.3) is 0 Å². The molecule has 0 saturated carbocycles. The smallest absolute Gasteiger partial charge is 0.227 e. The molecule has 3 heterocycles. The third kappa shape index (κ3) is 4.09. The number of likely N-dealkylation sites (tertiary alicyclic amines) is 1. The number of carbonyl (C=O) groups excluding carboxylic acids is 1. The molecular weight excluding hydrogens is 288 g/mol. The van der Waals surface area contributed by atoms with Crippen molar-refractivity contribution in [3.63, 3.8) is 0 Å². The molecule has 1 amide bonds. The Labute approximate surface area is 139 Å². The van der Waals surface area contributed by atoms with E-state index in [0.29, 0.717) is 11.9 Å². The topological polar surface area (TPSA) is 39.7 Å². The number of pyridine rings is 1. The van der Waals surface area contributed by atoms with Gasteiger partial charge in [0.05, 0.1) is 5.92 Å². The number of amides is 1. The summed E-state index contributed by atoms with van der Waals surface area (Å²) in [6.07, 6.45) is 5.87. The molecule has 1 aromatic heterocycles. The van der Waals surface area contributed by atoms with Gasteiger partial charge >= 0.3 is 0 Å². The van der Waals surface area contributed by atoms with Gasteiger partial charge in [-0.15, -0.1) is 0 Å². The maximum Gasteiger partial charge on any atom is 0.227 e. The molecule has 0 spiro atoms. The molecule has 23 heavy (non-hydrogen) atoms. The lowest BCUT2D eigenvalue weighted by atomic mass is 9.95. The van der Waals surface area contributed by atoms with Crippen molar-refractivity contribution in [2.75, 3.05) is 39.8 Å². The fourth-order valence-corrected chi connectivity index (χ4v) is 3.85. The Morgan fingerprint density at radius 2 is 2.17 bits per heavy atom. The SMILES string of the molecule is C[C@@H]1CN(C)CCN1C(=O)[C@H]1CCCN(Cc2cccnc2)C1. The molecule has 0 aliphatic carbocycles. The zero-order valence-electron chi connectivity index (χ0n) is 14.3. The largest absolute Gasteiger partial charge is 0.337 e. The highest BCUT2D eigenvalue weighted by Gasteiger charge is 2.33. The molecule has 0 radical (unpaired) electrons. The van der Waals surface area contributed by atoms with E-state index in [2.05, 4.69) is 39.7 Å². The van der Waals surface area contributed by atoms with Gasteiger partial charge in [0.15, 0.2) is 0 Å². The summed E-state index contributed by atoms with van der Waals surface area (Å²) in [6.45, 7) is 7.87. The average Bonchev–Trinajstić information content (AvgIpc) is 2.55. The number of rotatable bonds is 3. The van der Waals surface area contributed by atoms with E-state index in [1.54, 1.807) is 6.20 Å². The summed E-state index contributed by atoms with van der Waals surface area (Å²) >= 11 is 0. The fourth-order valence-electron chi connectivity index (χ4n) is 3.85. The Kier molecular flexibility index (Phi) is 5.28. The third-order valence-electron chi connectivity index (χ3n) is 5.10. The maximum atomic E-state index is 12.9. The molecule has 0 bridgehead atoms. The molecule has 2 atom stereocenters. The third-order valence-corrected chi connectivity index (χ3v) is 5.10. The van der Waals surface area contributed by atoms with E-state index >= 15 is 0 Å². The number of carbonyl (C=O) groups is 1. The summed E-state index contributed by atoms with van der Waals surface area (Å²) in [5, 5.41) is 0. The van der Waals surface area contributed by atoms with E-state index in [-0.39, 0.29) is 5.92 Å². The molecule has 126 valence electrons. The highest BCUT2D eigenvalue weighted by Crippen LogP contribution is 2.22. The van der Waals surface area contributed by atoms with Crippen LogP contribution in [0, 0.1) is 5.92 Å². The molecule has 2 aliphatic heterocycles. The van der Waals surface area contributed by atoms with Crippen LogP contribution in [-0.2, 0) is 11.3 Å². The molecule has 0 N–H and O–H groups in total. The Bertz CT molecular complexity index is 521. The van der Waals surface area contributed by atoms with Crippen LogP contribution in [0.1, 0.15) is 25.3 Å². The minimum atomic E-state index is 0.159. The van der Waals surface area contributed by atoms with Crippen LogP contribution in [0.15, 0.2) is 24.5 Å². The van der Waals surface area contributed by atoms with Crippen molar-refractivity contribution in [1.82, 2.24) is 19.7 Å². The van der Waals surface area contributed by atoms with Crippen LogP contribution in [0.25, 0.3) is 0 Å². The van der Waals surface area contributed by atoms with Crippen molar-refractivity contribution in [1.29, 1.82) is 0 Å². The highest BCUT2D eigenvalue weighted by molar-refractivity contribution is 5.79. The molecule has 3 rings (SSSR count). The first-order chi connectivity index (χ1) is 11.1. The zero-order valence-corrected chi connectivity index (χ0v) is 14.3. The molecular formula is C18H28N4O. The lowest BCUT2D eigenvalue weighted by Gasteiger charge is -2.41. The second kappa shape index (κ2) is 7.41. The van der Waals surface area contributed by atoms with Crippen molar-refractivity contribution in [2.24, 2.45) is 5.92 Å². The number of hydrogen-bond acceptors (Lipinski definition) is 4. The first-order valence-corrected chi connectivity index (χ1v) is 8.74. The lowest BCUT2D eigenvalue weighted by Crippen LogP contribution is -2.55. The summed E-state index contributed by atoms with van der Waals surface area (Å²) in [7, 11) is 2.13. The van der Waals surface area contributed by atoms with Gasteiger partial charge in [0.2, 0.25) is 5.91 Å². The fraction of sp³-hybridized carbons (Fsp3) is 0.667. The quantitative estimate of drug-likeness (QED) is 0.846. The van der Waals surface area contributed by atoms with Crippen molar-refractivity contribution in [3.05, 3.63) is 30.1 Å². The number of piperidine rings is 1. The highest BCUT2D eigenvalue weighted by atomic mass is 16.2. The van der Waals surface area contributed by atoms with Crippen LogP contribution < -0.4 is 0 Å². The van der Waals surface area contributed by atoms with Crippen LogP contribution in [0.4, 0.5) is 0 Å².